The summed E-state index contributed by atoms with van der Waals surface area (Å²) >= 11 is 0. The molecule has 2 aromatic heterocycles. The topological polar surface area (TPSA) is 69.5 Å². The number of benzene rings is 2. The van der Waals surface area contributed by atoms with Crippen LogP contribution in [0.5, 0.6) is 0 Å². The fourth-order valence-electron chi connectivity index (χ4n) is 4.95. The van der Waals surface area contributed by atoms with Crippen LogP contribution in [0.2, 0.25) is 0 Å². The Morgan fingerprint density at radius 2 is 1.79 bits per heavy atom. The third-order valence-corrected chi connectivity index (χ3v) is 6.71. The molecule has 172 valence electrons. The molecule has 0 N–H and O–H groups in total. The number of nitrogens with zero attached hydrogens (tertiary/aromatic N) is 4. The van der Waals surface area contributed by atoms with Crippen LogP contribution in [-0.4, -0.2) is 53.6 Å². The Kier molecular flexibility index (Phi) is 4.88. The van der Waals surface area contributed by atoms with Gasteiger partial charge in [0.1, 0.15) is 0 Å². The average Bonchev–Trinajstić information content (AvgIpc) is 3.14. The van der Waals surface area contributed by atoms with Crippen molar-refractivity contribution in [1.29, 1.82) is 0 Å². The van der Waals surface area contributed by atoms with Crippen molar-refractivity contribution in [1.82, 2.24) is 14.8 Å². The van der Waals surface area contributed by atoms with Crippen LogP contribution in [0.25, 0.3) is 27.8 Å². The van der Waals surface area contributed by atoms with Crippen LogP contribution >= 0.6 is 0 Å². The van der Waals surface area contributed by atoms with Crippen LogP contribution in [0.3, 0.4) is 0 Å². The van der Waals surface area contributed by atoms with Gasteiger partial charge in [0.05, 0.1) is 42.0 Å². The molecule has 2 saturated heterocycles. The minimum Gasteiger partial charge on any atom is -0.461 e. The molecule has 2 aromatic carbocycles. The van der Waals surface area contributed by atoms with E-state index >= 15 is 0 Å². The van der Waals surface area contributed by atoms with Crippen LogP contribution in [-0.2, 0) is 9.47 Å². The largest absolute Gasteiger partial charge is 0.461 e. The highest BCUT2D eigenvalue weighted by molar-refractivity contribution is 6.00. The van der Waals surface area contributed by atoms with Gasteiger partial charge < -0.3 is 14.4 Å². The molecule has 0 bridgehead atoms. The number of ether oxygens (including phenoxy) is 2. The number of carbonyl (C=O) groups is 1. The SMILES string of the molecule is CCOC(=O)c1cc(-c2ccc(N3CC4(COC4)C3)cc2)c2c(C)nn(-c3ccccc3)c2n1. The van der Waals surface area contributed by atoms with Crippen LogP contribution in [0.4, 0.5) is 5.69 Å². The number of aromatic nitrogens is 3. The molecule has 1 spiro atoms. The molecule has 2 fully saturated rings. The molecule has 4 heterocycles. The summed E-state index contributed by atoms with van der Waals surface area (Å²) in [5.41, 5.74) is 6.18. The highest BCUT2D eigenvalue weighted by Crippen LogP contribution is 2.41. The number of fused-ring (bicyclic) bond motifs is 1. The van der Waals surface area contributed by atoms with Crippen LogP contribution in [0.15, 0.2) is 60.7 Å². The second-order valence-corrected chi connectivity index (χ2v) is 9.20. The standard InChI is InChI=1S/C27H26N4O3/c1-3-34-26(32)23-13-22(19-9-11-20(12-10-19)30-14-27(15-30)16-33-17-27)24-18(2)29-31(25(24)28-23)21-7-5-4-6-8-21/h4-13H,3,14-17H2,1-2H3. The van der Waals surface area contributed by atoms with Gasteiger partial charge in [0.15, 0.2) is 11.3 Å². The lowest BCUT2D eigenvalue weighted by Crippen LogP contribution is -2.66. The smallest absolute Gasteiger partial charge is 0.357 e. The van der Waals surface area contributed by atoms with Gasteiger partial charge in [0.25, 0.3) is 0 Å². The Bertz CT molecular complexity index is 1370. The van der Waals surface area contributed by atoms with Gasteiger partial charge in [-0.25, -0.2) is 14.5 Å². The zero-order valence-corrected chi connectivity index (χ0v) is 19.3. The lowest BCUT2D eigenvalue weighted by molar-refractivity contribution is -0.127. The third-order valence-electron chi connectivity index (χ3n) is 6.71. The molecule has 0 radical (unpaired) electrons. The summed E-state index contributed by atoms with van der Waals surface area (Å²) in [7, 11) is 0. The summed E-state index contributed by atoms with van der Waals surface area (Å²) < 4.78 is 12.5. The first-order chi connectivity index (χ1) is 16.6. The molecule has 0 amide bonds. The number of rotatable bonds is 5. The summed E-state index contributed by atoms with van der Waals surface area (Å²) in [5.74, 6) is -0.436. The molecule has 4 aromatic rings. The van der Waals surface area contributed by atoms with E-state index in [0.29, 0.717) is 17.7 Å². The zero-order chi connectivity index (χ0) is 23.3. The van der Waals surface area contributed by atoms with Crippen molar-refractivity contribution in [2.75, 3.05) is 37.8 Å². The lowest BCUT2D eigenvalue weighted by Gasteiger charge is -2.56. The molecule has 0 saturated carbocycles. The predicted octanol–water partition coefficient (Wildman–Crippen LogP) is 4.41. The molecule has 7 nitrogen and oxygen atoms in total. The first-order valence-corrected chi connectivity index (χ1v) is 11.6. The maximum absolute atomic E-state index is 12.7. The fraction of sp³-hybridized carbons (Fsp3) is 0.296. The van der Waals surface area contributed by atoms with Gasteiger partial charge in [-0.15, -0.1) is 0 Å². The summed E-state index contributed by atoms with van der Waals surface area (Å²) in [6, 6.07) is 20.2. The normalized spacial score (nSPS) is 16.4. The maximum atomic E-state index is 12.7. The first kappa shape index (κ1) is 20.9. The molecule has 6 rings (SSSR count). The first-order valence-electron chi connectivity index (χ1n) is 11.6. The van der Waals surface area contributed by atoms with Gasteiger partial charge in [0, 0.05) is 18.8 Å². The van der Waals surface area contributed by atoms with Crippen molar-refractivity contribution in [3.05, 3.63) is 72.1 Å². The summed E-state index contributed by atoms with van der Waals surface area (Å²) in [6.45, 7) is 7.90. The Morgan fingerprint density at radius 3 is 2.44 bits per heavy atom. The molecule has 2 aliphatic heterocycles. The van der Waals surface area contributed by atoms with Crippen molar-refractivity contribution >= 4 is 22.7 Å². The number of carbonyl (C=O) groups excluding carboxylic acids is 1. The van der Waals surface area contributed by atoms with Crippen LogP contribution < -0.4 is 4.90 Å². The number of hydrogen-bond donors (Lipinski definition) is 0. The average molecular weight is 455 g/mol. The minimum atomic E-state index is -0.436. The molecule has 2 aliphatic rings. The van der Waals surface area contributed by atoms with E-state index in [1.165, 1.54) is 5.69 Å². The Labute approximate surface area is 197 Å². The molecular formula is C27H26N4O3. The number of aryl methyl sites for hydroxylation is 1. The number of pyridine rings is 1. The Balaban J connectivity index is 1.44. The summed E-state index contributed by atoms with van der Waals surface area (Å²) in [4.78, 5) is 19.7. The van der Waals surface area contributed by atoms with Gasteiger partial charge >= 0.3 is 5.97 Å². The molecule has 0 unspecified atom stereocenters. The number of esters is 1. The number of hydrogen-bond acceptors (Lipinski definition) is 6. The van der Waals surface area contributed by atoms with Gasteiger partial charge in [-0.3, -0.25) is 0 Å². The van der Waals surface area contributed by atoms with Crippen molar-refractivity contribution < 1.29 is 14.3 Å². The van der Waals surface area contributed by atoms with Gasteiger partial charge in [-0.1, -0.05) is 30.3 Å². The Hall–Kier alpha value is -3.71. The van der Waals surface area contributed by atoms with Crippen molar-refractivity contribution in [2.45, 2.75) is 13.8 Å². The summed E-state index contributed by atoms with van der Waals surface area (Å²) in [5, 5.41) is 5.70. The van der Waals surface area contributed by atoms with Crippen molar-refractivity contribution in [3.8, 4) is 16.8 Å². The van der Waals surface area contributed by atoms with E-state index < -0.39 is 5.97 Å². The minimum absolute atomic E-state index is 0.278. The van der Waals surface area contributed by atoms with Gasteiger partial charge in [-0.2, -0.15) is 5.10 Å². The highest BCUT2D eigenvalue weighted by Gasteiger charge is 2.48. The van der Waals surface area contributed by atoms with E-state index in [0.717, 1.165) is 54.2 Å². The maximum Gasteiger partial charge on any atom is 0.357 e. The second kappa shape index (κ2) is 7.95. The van der Waals surface area contributed by atoms with Crippen LogP contribution in [0.1, 0.15) is 23.1 Å². The van der Waals surface area contributed by atoms with E-state index in [9.17, 15) is 4.79 Å². The Morgan fingerprint density at radius 1 is 1.06 bits per heavy atom. The van der Waals surface area contributed by atoms with Crippen molar-refractivity contribution in [3.63, 3.8) is 0 Å². The van der Waals surface area contributed by atoms with E-state index in [2.05, 4.69) is 34.1 Å². The van der Waals surface area contributed by atoms with Gasteiger partial charge in [0.2, 0.25) is 0 Å². The predicted molar refractivity (Wildman–Crippen MR) is 130 cm³/mol. The molecule has 0 atom stereocenters. The van der Waals surface area contributed by atoms with Gasteiger partial charge in [-0.05, 0) is 55.3 Å². The molecular weight excluding hydrogens is 428 g/mol. The summed E-state index contributed by atoms with van der Waals surface area (Å²) in [6.07, 6.45) is 0. The fourth-order valence-corrected chi connectivity index (χ4v) is 4.95. The van der Waals surface area contributed by atoms with E-state index in [1.54, 1.807) is 11.6 Å². The number of para-hydroxylation sites is 1. The zero-order valence-electron chi connectivity index (χ0n) is 19.3. The quantitative estimate of drug-likeness (QED) is 0.416. The molecule has 7 heteroatoms. The van der Waals surface area contributed by atoms with E-state index in [1.807, 2.05) is 43.3 Å². The van der Waals surface area contributed by atoms with Crippen LogP contribution in [0, 0.1) is 12.3 Å². The second-order valence-electron chi connectivity index (χ2n) is 9.20. The molecule has 0 aliphatic carbocycles. The number of anilines is 1. The molecule has 34 heavy (non-hydrogen) atoms. The lowest BCUT2D eigenvalue weighted by atomic mass is 9.78. The van der Waals surface area contributed by atoms with E-state index in [-0.39, 0.29) is 5.69 Å². The van der Waals surface area contributed by atoms with Crippen molar-refractivity contribution in [2.24, 2.45) is 5.41 Å². The highest BCUT2D eigenvalue weighted by atomic mass is 16.5. The van der Waals surface area contributed by atoms with E-state index in [4.69, 9.17) is 14.6 Å². The monoisotopic (exact) mass is 454 g/mol. The third kappa shape index (κ3) is 3.35.